The number of carbonyl (C=O) groups excluding carboxylic acids is 2. The lowest BCUT2D eigenvalue weighted by Gasteiger charge is -2.38. The van der Waals surface area contributed by atoms with Crippen molar-refractivity contribution in [1.29, 1.82) is 0 Å². The number of nitrogens with two attached hydrogens (primary N) is 1. The maximum Gasteiger partial charge on any atom is 0.320 e. The SMILES string of the molecule is COCCOC(=O)CN1C2CCC1CC(NC(=O)c1cc(Cl)c(N)cc1OC)C2. The second kappa shape index (κ2) is 9.65. The van der Waals surface area contributed by atoms with Gasteiger partial charge in [0.25, 0.3) is 5.91 Å². The minimum Gasteiger partial charge on any atom is -0.496 e. The molecule has 0 spiro atoms. The average Bonchev–Trinajstić information content (AvgIpc) is 2.92. The lowest BCUT2D eigenvalue weighted by molar-refractivity contribution is -0.147. The molecule has 9 heteroatoms. The third kappa shape index (κ3) is 5.12. The van der Waals surface area contributed by atoms with E-state index in [0.717, 1.165) is 25.7 Å². The van der Waals surface area contributed by atoms with Gasteiger partial charge in [0.2, 0.25) is 0 Å². The third-order valence-electron chi connectivity index (χ3n) is 5.65. The smallest absolute Gasteiger partial charge is 0.320 e. The monoisotopic (exact) mass is 425 g/mol. The van der Waals surface area contributed by atoms with Crippen LogP contribution in [0.5, 0.6) is 5.75 Å². The number of carbonyl (C=O) groups is 2. The Morgan fingerprint density at radius 2 is 1.90 bits per heavy atom. The molecular formula is C20H28ClN3O5. The van der Waals surface area contributed by atoms with Gasteiger partial charge >= 0.3 is 5.97 Å². The van der Waals surface area contributed by atoms with Gasteiger partial charge in [-0.1, -0.05) is 11.6 Å². The molecule has 2 heterocycles. The fraction of sp³-hybridized carbons (Fsp3) is 0.600. The molecule has 29 heavy (non-hydrogen) atoms. The van der Waals surface area contributed by atoms with Crippen LogP contribution in [0.1, 0.15) is 36.0 Å². The molecule has 8 nitrogen and oxygen atoms in total. The van der Waals surface area contributed by atoms with Gasteiger partial charge in [-0.2, -0.15) is 0 Å². The van der Waals surface area contributed by atoms with E-state index in [1.54, 1.807) is 13.2 Å². The average molecular weight is 426 g/mol. The molecule has 1 aromatic carbocycles. The highest BCUT2D eigenvalue weighted by atomic mass is 35.5. The van der Waals surface area contributed by atoms with Crippen molar-refractivity contribution >= 4 is 29.2 Å². The first-order valence-electron chi connectivity index (χ1n) is 9.77. The summed E-state index contributed by atoms with van der Waals surface area (Å²) in [6, 6.07) is 3.63. The number of amides is 1. The van der Waals surface area contributed by atoms with Gasteiger partial charge in [-0.3, -0.25) is 14.5 Å². The van der Waals surface area contributed by atoms with Gasteiger partial charge in [-0.25, -0.2) is 0 Å². The van der Waals surface area contributed by atoms with Crippen molar-refractivity contribution in [3.63, 3.8) is 0 Å². The van der Waals surface area contributed by atoms with E-state index in [-0.39, 0.29) is 43.2 Å². The minimum absolute atomic E-state index is 0.0294. The van der Waals surface area contributed by atoms with E-state index in [4.69, 9.17) is 31.5 Å². The molecule has 160 valence electrons. The van der Waals surface area contributed by atoms with Gasteiger partial charge in [0.15, 0.2) is 0 Å². The lowest BCUT2D eigenvalue weighted by atomic mass is 9.96. The topological polar surface area (TPSA) is 103 Å². The summed E-state index contributed by atoms with van der Waals surface area (Å²) in [5, 5.41) is 3.41. The number of fused-ring (bicyclic) bond motifs is 2. The van der Waals surface area contributed by atoms with Crippen molar-refractivity contribution in [3.05, 3.63) is 22.7 Å². The van der Waals surface area contributed by atoms with Gasteiger partial charge < -0.3 is 25.3 Å². The Bertz CT molecular complexity index is 746. The van der Waals surface area contributed by atoms with Crippen molar-refractivity contribution in [2.75, 3.05) is 39.7 Å². The van der Waals surface area contributed by atoms with Crippen LogP contribution in [0.2, 0.25) is 5.02 Å². The molecule has 2 aliphatic rings. The van der Waals surface area contributed by atoms with Crippen LogP contribution >= 0.6 is 11.6 Å². The maximum absolute atomic E-state index is 12.8. The number of hydrogen-bond donors (Lipinski definition) is 2. The summed E-state index contributed by atoms with van der Waals surface area (Å²) >= 11 is 6.08. The molecule has 2 atom stereocenters. The van der Waals surface area contributed by atoms with Crippen molar-refractivity contribution in [2.45, 2.75) is 43.8 Å². The third-order valence-corrected chi connectivity index (χ3v) is 5.97. The Balaban J connectivity index is 1.58. The quantitative estimate of drug-likeness (QED) is 0.372. The van der Waals surface area contributed by atoms with Crippen LogP contribution in [-0.4, -0.2) is 68.9 Å². The summed E-state index contributed by atoms with van der Waals surface area (Å²) in [6.45, 7) is 0.940. The van der Waals surface area contributed by atoms with Crippen LogP contribution in [0, 0.1) is 0 Å². The number of nitrogen functional groups attached to an aromatic ring is 1. The molecule has 3 N–H and O–H groups in total. The van der Waals surface area contributed by atoms with E-state index >= 15 is 0 Å². The zero-order valence-electron chi connectivity index (χ0n) is 16.8. The number of methoxy groups -OCH3 is 2. The van der Waals surface area contributed by atoms with E-state index in [1.165, 1.54) is 13.2 Å². The maximum atomic E-state index is 12.8. The molecule has 3 rings (SSSR count). The van der Waals surface area contributed by atoms with Gasteiger partial charge in [-0.05, 0) is 31.7 Å². The zero-order chi connectivity index (χ0) is 21.0. The highest BCUT2D eigenvalue weighted by molar-refractivity contribution is 6.33. The molecule has 2 fully saturated rings. The number of halogens is 1. The van der Waals surface area contributed by atoms with Crippen molar-refractivity contribution in [3.8, 4) is 5.75 Å². The van der Waals surface area contributed by atoms with Crippen LogP contribution in [0.3, 0.4) is 0 Å². The number of anilines is 1. The number of esters is 1. The number of benzene rings is 1. The van der Waals surface area contributed by atoms with Crippen LogP contribution in [0.15, 0.2) is 12.1 Å². The Morgan fingerprint density at radius 1 is 1.21 bits per heavy atom. The van der Waals surface area contributed by atoms with E-state index in [0.29, 0.717) is 28.6 Å². The Labute approximate surface area is 175 Å². The molecule has 0 aliphatic carbocycles. The van der Waals surface area contributed by atoms with Crippen molar-refractivity contribution in [2.24, 2.45) is 0 Å². The second-order valence-corrected chi connectivity index (χ2v) is 7.89. The van der Waals surface area contributed by atoms with Gasteiger partial charge in [-0.15, -0.1) is 0 Å². The molecule has 0 radical (unpaired) electrons. The van der Waals surface area contributed by atoms with Crippen LogP contribution < -0.4 is 15.8 Å². The van der Waals surface area contributed by atoms with E-state index in [9.17, 15) is 9.59 Å². The molecule has 2 bridgehead atoms. The Morgan fingerprint density at radius 3 is 2.52 bits per heavy atom. The first-order chi connectivity index (χ1) is 13.9. The van der Waals surface area contributed by atoms with E-state index in [2.05, 4.69) is 10.2 Å². The molecule has 1 aromatic rings. The number of piperidine rings is 1. The standard InChI is InChI=1S/C20H28ClN3O5/c1-27-5-6-29-19(25)11-24-13-3-4-14(24)8-12(7-13)23-20(26)15-9-16(21)17(22)10-18(15)28-2/h9-10,12-14H,3-8,11,22H2,1-2H3,(H,23,26). The first-order valence-corrected chi connectivity index (χ1v) is 10.1. The molecular weight excluding hydrogens is 398 g/mol. The van der Waals surface area contributed by atoms with Crippen LogP contribution in [-0.2, 0) is 14.3 Å². The molecule has 2 unspecified atom stereocenters. The Hall–Kier alpha value is -2.03. The molecule has 0 aromatic heterocycles. The minimum atomic E-state index is -0.236. The Kier molecular flexibility index (Phi) is 7.21. The predicted octanol–water partition coefficient (Wildman–Crippen LogP) is 1.85. The number of rotatable bonds is 8. The molecule has 2 aliphatic heterocycles. The molecule has 1 amide bonds. The molecule has 2 saturated heterocycles. The van der Waals surface area contributed by atoms with Crippen molar-refractivity contribution < 1.29 is 23.8 Å². The fourth-order valence-electron chi connectivity index (χ4n) is 4.26. The van der Waals surface area contributed by atoms with E-state index < -0.39 is 0 Å². The summed E-state index contributed by atoms with van der Waals surface area (Å²) in [4.78, 5) is 27.1. The van der Waals surface area contributed by atoms with Crippen molar-refractivity contribution in [1.82, 2.24) is 10.2 Å². The first kappa shape index (κ1) is 21.7. The number of nitrogens with one attached hydrogen (secondary N) is 1. The normalized spacial score (nSPS) is 23.6. The summed E-state index contributed by atoms with van der Waals surface area (Å²) in [5.74, 6) is -0.0770. The zero-order valence-corrected chi connectivity index (χ0v) is 17.5. The largest absolute Gasteiger partial charge is 0.496 e. The van der Waals surface area contributed by atoms with Crippen LogP contribution in [0.4, 0.5) is 5.69 Å². The number of nitrogens with zero attached hydrogens (tertiary/aromatic N) is 1. The highest BCUT2D eigenvalue weighted by Gasteiger charge is 2.42. The second-order valence-electron chi connectivity index (χ2n) is 7.49. The number of ether oxygens (including phenoxy) is 3. The number of hydrogen-bond acceptors (Lipinski definition) is 7. The summed E-state index contributed by atoms with van der Waals surface area (Å²) in [6.07, 6.45) is 3.61. The molecule has 0 saturated carbocycles. The van der Waals surface area contributed by atoms with Crippen LogP contribution in [0.25, 0.3) is 0 Å². The lowest BCUT2D eigenvalue weighted by Crippen LogP contribution is -2.51. The predicted molar refractivity (Wildman–Crippen MR) is 109 cm³/mol. The van der Waals surface area contributed by atoms with Gasteiger partial charge in [0.05, 0.1) is 36.5 Å². The van der Waals surface area contributed by atoms with E-state index in [1.807, 2.05) is 0 Å². The summed E-state index contributed by atoms with van der Waals surface area (Å²) in [5.41, 5.74) is 6.52. The van der Waals surface area contributed by atoms with Gasteiger partial charge in [0.1, 0.15) is 12.4 Å². The fourth-order valence-corrected chi connectivity index (χ4v) is 4.43. The summed E-state index contributed by atoms with van der Waals surface area (Å²) < 4.78 is 15.4. The summed E-state index contributed by atoms with van der Waals surface area (Å²) in [7, 11) is 3.06. The highest BCUT2D eigenvalue weighted by Crippen LogP contribution is 2.36. The van der Waals surface area contributed by atoms with Gasteiger partial charge in [0, 0.05) is 31.3 Å².